The Morgan fingerprint density at radius 1 is 0.260 bits per heavy atom. The van der Waals surface area contributed by atoms with E-state index in [0.717, 1.165) is 57.8 Å². The summed E-state index contributed by atoms with van der Waals surface area (Å²) < 4.78 is 17.0. The van der Waals surface area contributed by atoms with Crippen molar-refractivity contribution in [3.63, 3.8) is 0 Å². The summed E-state index contributed by atoms with van der Waals surface area (Å²) in [6.07, 6.45) is 73.6. The molecule has 0 spiro atoms. The van der Waals surface area contributed by atoms with Crippen molar-refractivity contribution in [2.45, 2.75) is 386 Å². The number of ether oxygens (including phenoxy) is 3. The molecule has 1 atom stereocenters. The van der Waals surface area contributed by atoms with E-state index >= 15 is 0 Å². The Morgan fingerprint density at radius 3 is 0.699 bits per heavy atom. The highest BCUT2D eigenvalue weighted by Crippen LogP contribution is 2.18. The highest BCUT2D eigenvalue weighted by atomic mass is 16.6. The van der Waals surface area contributed by atoms with Crippen molar-refractivity contribution in [3.8, 4) is 0 Å². The smallest absolute Gasteiger partial charge is 0.306 e. The lowest BCUT2D eigenvalue weighted by atomic mass is 10.0. The van der Waals surface area contributed by atoms with E-state index in [1.165, 1.54) is 283 Å². The van der Waals surface area contributed by atoms with Crippen LogP contribution in [-0.2, 0) is 28.6 Å². The van der Waals surface area contributed by atoms with Gasteiger partial charge in [0.1, 0.15) is 13.2 Å². The van der Waals surface area contributed by atoms with E-state index in [1.807, 2.05) is 0 Å². The van der Waals surface area contributed by atoms with Crippen molar-refractivity contribution >= 4 is 17.9 Å². The summed E-state index contributed by atoms with van der Waals surface area (Å²) in [4.78, 5) is 38.3. The molecule has 0 aliphatic heterocycles. The van der Waals surface area contributed by atoms with Crippen molar-refractivity contribution in [1.82, 2.24) is 0 Å². The largest absolute Gasteiger partial charge is 0.462 e. The first-order valence-electron chi connectivity index (χ1n) is 33.2. The zero-order chi connectivity index (χ0) is 52.9. The maximum absolute atomic E-state index is 12.9. The molecule has 0 aromatic carbocycles. The average Bonchev–Trinajstić information content (AvgIpc) is 3.39. The van der Waals surface area contributed by atoms with Crippen molar-refractivity contribution in [3.05, 3.63) is 12.2 Å². The predicted octanol–water partition coefficient (Wildman–Crippen LogP) is 22.4. The Hall–Kier alpha value is -1.85. The Labute approximate surface area is 456 Å². The van der Waals surface area contributed by atoms with Crippen LogP contribution in [0.15, 0.2) is 12.2 Å². The molecule has 0 fully saturated rings. The van der Waals surface area contributed by atoms with Crippen LogP contribution in [-0.4, -0.2) is 37.2 Å². The fraction of sp³-hybridized carbons (Fsp3) is 0.925. The second kappa shape index (κ2) is 62.7. The van der Waals surface area contributed by atoms with Gasteiger partial charge in [-0.15, -0.1) is 0 Å². The molecular formula is C67H128O6. The molecule has 1 unspecified atom stereocenters. The van der Waals surface area contributed by atoms with Crippen molar-refractivity contribution in [2.75, 3.05) is 13.2 Å². The molecule has 0 N–H and O–H groups in total. The maximum atomic E-state index is 12.9. The van der Waals surface area contributed by atoms with Crippen molar-refractivity contribution < 1.29 is 28.6 Å². The van der Waals surface area contributed by atoms with Crippen LogP contribution in [0.1, 0.15) is 380 Å². The number of carbonyl (C=O) groups excluding carboxylic acids is 3. The van der Waals surface area contributed by atoms with E-state index in [1.54, 1.807) is 0 Å². The van der Waals surface area contributed by atoms with Gasteiger partial charge in [-0.3, -0.25) is 14.4 Å². The van der Waals surface area contributed by atoms with Crippen molar-refractivity contribution in [2.24, 2.45) is 0 Å². The van der Waals surface area contributed by atoms with Gasteiger partial charge in [0.05, 0.1) is 0 Å². The minimum absolute atomic E-state index is 0.0651. The first-order chi connectivity index (χ1) is 36.0. The van der Waals surface area contributed by atoms with Gasteiger partial charge in [-0.2, -0.15) is 0 Å². The maximum Gasteiger partial charge on any atom is 0.306 e. The second-order valence-corrected chi connectivity index (χ2v) is 22.7. The molecule has 0 rings (SSSR count). The minimum Gasteiger partial charge on any atom is -0.462 e. The first-order valence-corrected chi connectivity index (χ1v) is 33.2. The van der Waals surface area contributed by atoms with E-state index in [-0.39, 0.29) is 31.1 Å². The average molecular weight is 1030 g/mol. The third kappa shape index (κ3) is 60.9. The lowest BCUT2D eigenvalue weighted by Gasteiger charge is -2.18. The minimum atomic E-state index is -0.768. The highest BCUT2D eigenvalue weighted by molar-refractivity contribution is 5.71. The lowest BCUT2D eigenvalue weighted by Crippen LogP contribution is -2.30. The zero-order valence-electron chi connectivity index (χ0n) is 49.7. The lowest BCUT2D eigenvalue weighted by molar-refractivity contribution is -0.167. The van der Waals surface area contributed by atoms with E-state index in [9.17, 15) is 14.4 Å². The van der Waals surface area contributed by atoms with Crippen LogP contribution in [0.25, 0.3) is 0 Å². The molecule has 6 nitrogen and oxygen atoms in total. The van der Waals surface area contributed by atoms with E-state index in [2.05, 4.69) is 32.9 Å². The normalized spacial score (nSPS) is 12.0. The number of esters is 3. The molecule has 73 heavy (non-hydrogen) atoms. The van der Waals surface area contributed by atoms with E-state index in [0.29, 0.717) is 19.3 Å². The summed E-state index contributed by atoms with van der Waals surface area (Å²) in [5.74, 6) is -0.836. The van der Waals surface area contributed by atoms with Gasteiger partial charge < -0.3 is 14.2 Å². The fourth-order valence-electron chi connectivity index (χ4n) is 10.3. The highest BCUT2D eigenvalue weighted by Gasteiger charge is 2.19. The topological polar surface area (TPSA) is 78.9 Å². The number of rotatable bonds is 62. The Kier molecular flexibility index (Phi) is 61.1. The van der Waals surface area contributed by atoms with Gasteiger partial charge in [0.2, 0.25) is 0 Å². The first kappa shape index (κ1) is 71.2. The van der Waals surface area contributed by atoms with Gasteiger partial charge in [0.15, 0.2) is 6.10 Å². The van der Waals surface area contributed by atoms with Gasteiger partial charge in [-0.25, -0.2) is 0 Å². The summed E-state index contributed by atoms with van der Waals surface area (Å²) >= 11 is 0. The number of carbonyl (C=O) groups is 3. The van der Waals surface area contributed by atoms with Crippen LogP contribution in [0.2, 0.25) is 0 Å². The molecule has 0 saturated heterocycles. The van der Waals surface area contributed by atoms with Crippen LogP contribution < -0.4 is 0 Å². The second-order valence-electron chi connectivity index (χ2n) is 22.7. The summed E-state index contributed by atoms with van der Waals surface area (Å²) in [6.45, 7) is 6.71. The summed E-state index contributed by atoms with van der Waals surface area (Å²) in [5, 5.41) is 0. The van der Waals surface area contributed by atoms with Gasteiger partial charge in [-0.1, -0.05) is 328 Å². The number of hydrogen-bond acceptors (Lipinski definition) is 6. The standard InChI is InChI=1S/C67H128O6/c1-4-7-10-13-16-19-22-25-28-30-32-33-35-37-40-42-45-48-51-54-57-60-66(69)72-63-64(73-67(70)61-58-55-52-49-46-43-38-27-24-21-18-15-12-9-6-3)62-71-65(68)59-56-53-50-47-44-41-39-36-34-31-29-26-23-20-17-14-11-8-5-2/h21,24,64H,4-20,22-23,25-63H2,1-3H3/b24-21-. The van der Waals surface area contributed by atoms with Crippen LogP contribution in [0, 0.1) is 0 Å². The summed E-state index contributed by atoms with van der Waals surface area (Å²) in [7, 11) is 0. The Balaban J connectivity index is 4.26. The molecule has 0 heterocycles. The van der Waals surface area contributed by atoms with Gasteiger partial charge in [0.25, 0.3) is 0 Å². The molecule has 6 heteroatoms. The Bertz CT molecular complexity index is 1130. The molecule has 0 amide bonds. The third-order valence-electron chi connectivity index (χ3n) is 15.3. The molecule has 0 aliphatic carbocycles. The predicted molar refractivity (Wildman–Crippen MR) is 317 cm³/mol. The van der Waals surface area contributed by atoms with E-state index in [4.69, 9.17) is 14.2 Å². The monoisotopic (exact) mass is 1030 g/mol. The van der Waals surface area contributed by atoms with Crippen LogP contribution >= 0.6 is 0 Å². The quantitative estimate of drug-likeness (QED) is 0.0261. The van der Waals surface area contributed by atoms with Crippen molar-refractivity contribution in [1.29, 1.82) is 0 Å². The third-order valence-corrected chi connectivity index (χ3v) is 15.3. The molecule has 0 aromatic heterocycles. The molecule has 0 aromatic rings. The number of unbranched alkanes of at least 4 members (excludes halogenated alkanes) is 49. The fourth-order valence-corrected chi connectivity index (χ4v) is 10.3. The molecule has 0 bridgehead atoms. The molecule has 0 saturated carbocycles. The van der Waals surface area contributed by atoms with Crippen LogP contribution in [0.3, 0.4) is 0 Å². The summed E-state index contributed by atoms with van der Waals surface area (Å²) in [6, 6.07) is 0. The Morgan fingerprint density at radius 2 is 0.452 bits per heavy atom. The SMILES string of the molecule is CCCCCC/C=C\CCCCCCCCCC(=O)OC(COC(=O)CCCCCCCCCCCCCCCCCCCCC)COC(=O)CCCCCCCCCCCCCCCCCCCCCCC. The summed E-state index contributed by atoms with van der Waals surface area (Å²) in [5.41, 5.74) is 0. The molecule has 0 aliphatic rings. The number of hydrogen-bond donors (Lipinski definition) is 0. The number of allylic oxidation sites excluding steroid dienone is 2. The molecular weight excluding hydrogens is 901 g/mol. The molecule has 432 valence electrons. The van der Waals surface area contributed by atoms with Crippen LogP contribution in [0.4, 0.5) is 0 Å². The van der Waals surface area contributed by atoms with E-state index < -0.39 is 6.10 Å². The van der Waals surface area contributed by atoms with Gasteiger partial charge in [0, 0.05) is 19.3 Å². The van der Waals surface area contributed by atoms with Gasteiger partial charge in [-0.05, 0) is 44.9 Å². The molecule has 0 radical (unpaired) electrons. The van der Waals surface area contributed by atoms with Crippen LogP contribution in [0.5, 0.6) is 0 Å². The van der Waals surface area contributed by atoms with Gasteiger partial charge >= 0.3 is 17.9 Å². The zero-order valence-corrected chi connectivity index (χ0v) is 49.7.